The van der Waals surface area contributed by atoms with Crippen LogP contribution in [0.25, 0.3) is 32.6 Å². The first-order valence-electron chi connectivity index (χ1n) is 28.7. The lowest BCUT2D eigenvalue weighted by molar-refractivity contribution is -0.175. The van der Waals surface area contributed by atoms with Crippen LogP contribution < -0.4 is 14.6 Å². The molecule has 448 valence electrons. The van der Waals surface area contributed by atoms with E-state index in [1.165, 1.54) is 18.0 Å². The molecular weight excluding hydrogens is 1120 g/mol. The van der Waals surface area contributed by atoms with Gasteiger partial charge in [-0.15, -0.1) is 11.3 Å². The number of hydrogen-bond donors (Lipinski definition) is 4. The molecule has 0 radical (unpaired) electrons. The highest BCUT2D eigenvalue weighted by Gasteiger charge is 2.49. The number of anilines is 2. The summed E-state index contributed by atoms with van der Waals surface area (Å²) in [5.74, 6) is -4.16. The Hall–Kier alpha value is -6.60. The molecule has 0 bridgehead atoms. The number of aryl methyl sites for hydroxylation is 1. The Labute approximate surface area is 494 Å². The van der Waals surface area contributed by atoms with Gasteiger partial charge in [-0.2, -0.15) is 4.41 Å². The zero-order valence-corrected chi connectivity index (χ0v) is 50.2. The van der Waals surface area contributed by atoms with Gasteiger partial charge in [0.15, 0.2) is 5.82 Å². The van der Waals surface area contributed by atoms with Crippen molar-refractivity contribution in [2.75, 3.05) is 61.7 Å². The summed E-state index contributed by atoms with van der Waals surface area (Å²) in [7, 11) is 0. The quantitative estimate of drug-likeness (QED) is 0.0530. The number of ketones is 1. The Balaban J connectivity index is 0.756. The van der Waals surface area contributed by atoms with E-state index in [1.54, 1.807) is 28.6 Å². The number of H-pyrrole nitrogens is 1. The smallest absolute Gasteiger partial charge is 0.277 e. The molecule has 84 heavy (non-hydrogen) atoms. The van der Waals surface area contributed by atoms with Crippen LogP contribution in [0.4, 0.5) is 24.5 Å². The molecule has 3 amide bonds. The highest BCUT2D eigenvalue weighted by Crippen LogP contribution is 2.37. The summed E-state index contributed by atoms with van der Waals surface area (Å²) in [5.41, 5.74) is 5.27. The van der Waals surface area contributed by atoms with Gasteiger partial charge in [-0.1, -0.05) is 57.2 Å². The maximum Gasteiger partial charge on any atom is 0.277 e. The summed E-state index contributed by atoms with van der Waals surface area (Å²) in [6.45, 7) is 19.0. The molecule has 0 spiro atoms. The fraction of sp³-hybridized carbons (Fsp3) is 0.475. The van der Waals surface area contributed by atoms with E-state index < -0.39 is 69.7 Å². The van der Waals surface area contributed by atoms with Crippen molar-refractivity contribution in [1.29, 1.82) is 0 Å². The third-order valence-electron chi connectivity index (χ3n) is 17.0. The molecule has 4 saturated heterocycles. The molecule has 4 N–H and O–H groups in total. The molecule has 18 nitrogen and oxygen atoms in total. The lowest BCUT2D eigenvalue weighted by atomic mass is 9.84. The summed E-state index contributed by atoms with van der Waals surface area (Å²) < 4.78 is 68.8. The van der Waals surface area contributed by atoms with Crippen LogP contribution >= 0.6 is 11.3 Å². The molecule has 1 unspecified atom stereocenters. The SMILES string of the molecule is CC(=O)N([C@H](C(=O)N1C[C@H](O)C[C@H]1C(=O)N[C@@H](C)c1ccc(-c2scnc2C)cc1)C(C)(C)C)N1CCC(CN2C[C@@H](C)N(c3ccc(-c4cnc5[nH]cc(C(=O)c6c(F)ccc(N(N7CC[C@@H](F)C7)S(=O)O)c6F)c5c4)cc3)[C@@H](C)C2)CC1. The second-order valence-corrected chi connectivity index (χ2v) is 25.8. The Morgan fingerprint density at radius 3 is 2.17 bits per heavy atom. The maximum atomic E-state index is 16.2. The molecule has 4 fully saturated rings. The van der Waals surface area contributed by atoms with Crippen molar-refractivity contribution in [3.8, 4) is 21.6 Å². The Bertz CT molecular complexity index is 3410. The highest BCUT2D eigenvalue weighted by atomic mass is 32.2. The number of alkyl halides is 1. The summed E-state index contributed by atoms with van der Waals surface area (Å²) >= 11 is -1.27. The van der Waals surface area contributed by atoms with E-state index in [2.05, 4.69) is 43.9 Å². The van der Waals surface area contributed by atoms with Crippen molar-refractivity contribution in [2.45, 2.75) is 124 Å². The molecule has 6 aromatic rings. The number of hydrogen-bond acceptors (Lipinski definition) is 13. The fourth-order valence-corrected chi connectivity index (χ4v) is 14.4. The van der Waals surface area contributed by atoms with Gasteiger partial charge in [0.2, 0.25) is 23.5 Å². The predicted octanol–water partition coefficient (Wildman–Crippen LogP) is 8.70. The van der Waals surface area contributed by atoms with E-state index in [1.807, 2.05) is 93.7 Å². The number of aliphatic hydroxyl groups is 1. The number of fused-ring (bicyclic) bond motifs is 1. The van der Waals surface area contributed by atoms with E-state index in [-0.39, 0.29) is 73.9 Å². The number of piperazine rings is 1. The lowest BCUT2D eigenvalue weighted by Gasteiger charge is -2.49. The van der Waals surface area contributed by atoms with Crippen molar-refractivity contribution in [3.05, 3.63) is 119 Å². The number of aromatic amines is 1. The molecular formula is C61H74F3N11O7S2. The second-order valence-electron chi connectivity index (χ2n) is 24.1. The number of amides is 3. The van der Waals surface area contributed by atoms with Crippen LogP contribution in [0.3, 0.4) is 0 Å². The predicted molar refractivity (Wildman–Crippen MR) is 319 cm³/mol. The molecule has 0 aliphatic carbocycles. The molecule has 7 heterocycles. The van der Waals surface area contributed by atoms with Crippen molar-refractivity contribution < 1.29 is 46.2 Å². The van der Waals surface area contributed by atoms with Crippen molar-refractivity contribution >= 4 is 68.5 Å². The molecule has 4 aliphatic heterocycles. The molecule has 10 rings (SSSR count). The van der Waals surface area contributed by atoms with Gasteiger partial charge in [0.25, 0.3) is 11.3 Å². The Morgan fingerprint density at radius 1 is 0.893 bits per heavy atom. The molecule has 0 saturated carbocycles. The third kappa shape index (κ3) is 12.4. The van der Waals surface area contributed by atoms with Crippen LogP contribution in [0.15, 0.2) is 84.6 Å². The van der Waals surface area contributed by atoms with Gasteiger partial charge in [0.1, 0.15) is 35.4 Å². The number of β-amino-alcohol motifs (C(OH)–C–C–N with tert-alkyl or cyclic N) is 1. The third-order valence-corrected chi connectivity index (χ3v) is 18.7. The second kappa shape index (κ2) is 24.8. The monoisotopic (exact) mass is 1190 g/mol. The topological polar surface area (TPSA) is 202 Å². The number of aromatic nitrogens is 3. The Kier molecular flexibility index (Phi) is 17.9. The normalized spacial score (nSPS) is 22.3. The Morgan fingerprint density at radius 2 is 1.56 bits per heavy atom. The fourth-order valence-electron chi connectivity index (χ4n) is 12.9. The van der Waals surface area contributed by atoms with Gasteiger partial charge >= 0.3 is 0 Å². The number of aliphatic hydroxyl groups excluding tert-OH is 1. The van der Waals surface area contributed by atoms with E-state index in [0.29, 0.717) is 40.0 Å². The zero-order valence-electron chi connectivity index (χ0n) is 48.6. The van der Waals surface area contributed by atoms with Gasteiger partial charge in [0.05, 0.1) is 40.3 Å². The van der Waals surface area contributed by atoms with E-state index in [4.69, 9.17) is 0 Å². The minimum Gasteiger partial charge on any atom is -0.391 e. The first kappa shape index (κ1) is 60.5. The van der Waals surface area contributed by atoms with Crippen molar-refractivity contribution in [1.82, 2.24) is 45.1 Å². The molecule has 23 heteroatoms. The number of pyridine rings is 1. The standard InChI is InChI=1S/C61H74F3N11O7S2/c1-35-29-69(30-36(2)73(35)46-15-13-42(14-16-46)44-25-48-49(28-66-58(48)65-27-44)55(78)53-50(63)17-18-51(54(53)64)75(84(81)82)71-24-21-45(62)32-71)31-40-19-22-70(23-20-40)74(39(5)76)57(61(6,7)8)60(80)72-33-47(77)26-52(72)59(79)68-37(3)41-9-11-43(12-10-41)56-38(4)67-34-83-56/h9-18,25,27-28,34-37,40,45,47,52,57,77H,19-24,26,29-33H2,1-8H3,(H,65,66)(H,68,79)(H,81,82)/t35-,36+,37-,45+,47+,52-,57+/m0/s1. The summed E-state index contributed by atoms with van der Waals surface area (Å²) in [4.78, 5) is 76.0. The molecule has 3 aromatic heterocycles. The van der Waals surface area contributed by atoms with Gasteiger partial charge in [0, 0.05) is 106 Å². The van der Waals surface area contributed by atoms with E-state index in [9.17, 15) is 37.4 Å². The van der Waals surface area contributed by atoms with Crippen LogP contribution in [0, 0.1) is 29.9 Å². The maximum absolute atomic E-state index is 16.2. The first-order valence-corrected chi connectivity index (χ1v) is 30.7. The van der Waals surface area contributed by atoms with Gasteiger partial charge in [-0.3, -0.25) is 33.6 Å². The molecule has 3 aromatic carbocycles. The lowest BCUT2D eigenvalue weighted by Crippen LogP contribution is -2.64. The number of halogens is 3. The van der Waals surface area contributed by atoms with Crippen LogP contribution in [0.1, 0.15) is 107 Å². The van der Waals surface area contributed by atoms with E-state index in [0.717, 1.165) is 82.6 Å². The number of nitrogens with one attached hydrogen (secondary N) is 2. The number of benzene rings is 3. The highest BCUT2D eigenvalue weighted by molar-refractivity contribution is 7.80. The van der Waals surface area contributed by atoms with E-state index >= 15 is 8.78 Å². The number of nitrogens with zero attached hydrogens (tertiary/aromatic N) is 9. The minimum atomic E-state index is -2.84. The number of carbonyl (C=O) groups excluding carboxylic acids is 4. The van der Waals surface area contributed by atoms with Crippen LogP contribution in [-0.2, 0) is 25.7 Å². The number of piperidine rings is 1. The number of thiazole rings is 1. The number of hydrazine groups is 2. The molecule has 4 aliphatic rings. The summed E-state index contributed by atoms with van der Waals surface area (Å²) in [6.07, 6.45) is 2.53. The number of carbonyl (C=O) groups is 4. The first-order chi connectivity index (χ1) is 40.0. The van der Waals surface area contributed by atoms with Crippen LogP contribution in [0.5, 0.6) is 0 Å². The van der Waals surface area contributed by atoms with Crippen molar-refractivity contribution in [2.24, 2.45) is 11.3 Å². The number of likely N-dealkylation sites (tertiary alicyclic amines) is 1. The van der Waals surface area contributed by atoms with Gasteiger partial charge in [-0.25, -0.2) is 37.4 Å². The minimum absolute atomic E-state index is 0.0156. The molecule has 8 atom stereocenters. The average molecular weight is 1190 g/mol. The summed E-state index contributed by atoms with van der Waals surface area (Å²) in [6, 6.07) is 17.6. The van der Waals surface area contributed by atoms with Crippen LogP contribution in [-0.4, -0.2) is 166 Å². The number of rotatable bonds is 16. The summed E-state index contributed by atoms with van der Waals surface area (Å²) in [5, 5.41) is 19.2. The average Bonchev–Trinajstić information content (AvgIpc) is 2.08. The van der Waals surface area contributed by atoms with Gasteiger partial charge < -0.3 is 25.2 Å². The van der Waals surface area contributed by atoms with Crippen molar-refractivity contribution in [3.63, 3.8) is 0 Å². The van der Waals surface area contributed by atoms with Crippen LogP contribution in [0.2, 0.25) is 0 Å². The van der Waals surface area contributed by atoms with Gasteiger partial charge in [-0.05, 0) is 105 Å². The zero-order chi connectivity index (χ0) is 60.1. The largest absolute Gasteiger partial charge is 0.391 e.